The minimum absolute atomic E-state index is 0.0526. The van der Waals surface area contributed by atoms with Gasteiger partial charge in [-0.3, -0.25) is 9.59 Å². The van der Waals surface area contributed by atoms with Gasteiger partial charge in [0.15, 0.2) is 0 Å². The zero-order chi connectivity index (χ0) is 25.8. The summed E-state index contributed by atoms with van der Waals surface area (Å²) in [5.74, 6) is 1.09. The Balaban J connectivity index is 1.17. The van der Waals surface area contributed by atoms with Gasteiger partial charge in [-0.2, -0.15) is 0 Å². The summed E-state index contributed by atoms with van der Waals surface area (Å²) in [6, 6.07) is 17.7. The lowest BCUT2D eigenvalue weighted by atomic mass is 10.1. The topological polar surface area (TPSA) is 93.7 Å². The van der Waals surface area contributed by atoms with Crippen LogP contribution in [0.25, 0.3) is 11.3 Å². The van der Waals surface area contributed by atoms with Gasteiger partial charge >= 0.3 is 0 Å². The van der Waals surface area contributed by atoms with Gasteiger partial charge < -0.3 is 25.3 Å². The molecular formula is C28H33N7O2. The SMILES string of the molecule is CN(C)CC(=O)Nc1ccc(-c2ccnc(Nc3ccc(N4CCN(C(=O)C5CC5)CC4)cc3)n2)cc1. The predicted molar refractivity (Wildman–Crippen MR) is 146 cm³/mol. The van der Waals surface area contributed by atoms with Gasteiger partial charge in [-0.15, -0.1) is 0 Å². The first kappa shape index (κ1) is 24.7. The van der Waals surface area contributed by atoms with Gasteiger partial charge in [-0.25, -0.2) is 9.97 Å². The maximum absolute atomic E-state index is 12.3. The van der Waals surface area contributed by atoms with Gasteiger partial charge in [0.2, 0.25) is 17.8 Å². The Bertz CT molecular complexity index is 1230. The highest BCUT2D eigenvalue weighted by Gasteiger charge is 2.34. The van der Waals surface area contributed by atoms with Gasteiger partial charge in [0.05, 0.1) is 12.2 Å². The quantitative estimate of drug-likeness (QED) is 0.490. The molecule has 2 aliphatic rings. The summed E-state index contributed by atoms with van der Waals surface area (Å²) < 4.78 is 0. The highest BCUT2D eigenvalue weighted by molar-refractivity contribution is 5.92. The first-order valence-corrected chi connectivity index (χ1v) is 12.7. The van der Waals surface area contributed by atoms with Crippen molar-refractivity contribution in [1.29, 1.82) is 0 Å². The van der Waals surface area contributed by atoms with Crippen LogP contribution in [0.15, 0.2) is 60.8 Å². The first-order valence-electron chi connectivity index (χ1n) is 12.7. The van der Waals surface area contributed by atoms with Crippen LogP contribution in [0.2, 0.25) is 0 Å². The number of carbonyl (C=O) groups excluding carboxylic acids is 2. The third-order valence-electron chi connectivity index (χ3n) is 6.59. The van der Waals surface area contributed by atoms with E-state index in [0.717, 1.165) is 67.3 Å². The van der Waals surface area contributed by atoms with Crippen molar-refractivity contribution in [1.82, 2.24) is 19.8 Å². The summed E-state index contributed by atoms with van der Waals surface area (Å²) >= 11 is 0. The van der Waals surface area contributed by atoms with E-state index >= 15 is 0 Å². The maximum Gasteiger partial charge on any atom is 0.238 e. The molecule has 192 valence electrons. The Morgan fingerprint density at radius 1 is 0.919 bits per heavy atom. The number of amides is 2. The average Bonchev–Trinajstić information content (AvgIpc) is 3.75. The highest BCUT2D eigenvalue weighted by atomic mass is 16.2. The van der Waals surface area contributed by atoms with Gasteiger partial charge in [-0.1, -0.05) is 12.1 Å². The summed E-state index contributed by atoms with van der Waals surface area (Å²) in [4.78, 5) is 39.5. The number of benzene rings is 2. The van der Waals surface area contributed by atoms with Gasteiger partial charge in [-0.05, 0) is 69.4 Å². The Morgan fingerprint density at radius 2 is 1.59 bits per heavy atom. The van der Waals surface area contributed by atoms with Crippen LogP contribution >= 0.6 is 0 Å². The lowest BCUT2D eigenvalue weighted by Crippen LogP contribution is -2.49. The number of hydrogen-bond acceptors (Lipinski definition) is 7. The summed E-state index contributed by atoms with van der Waals surface area (Å²) in [5, 5.41) is 6.18. The predicted octanol–water partition coefficient (Wildman–Crippen LogP) is 3.45. The van der Waals surface area contributed by atoms with Gasteiger partial charge in [0, 0.05) is 60.9 Å². The smallest absolute Gasteiger partial charge is 0.238 e. The minimum Gasteiger partial charge on any atom is -0.368 e. The summed E-state index contributed by atoms with van der Waals surface area (Å²) in [6.45, 7) is 3.63. The molecule has 9 nitrogen and oxygen atoms in total. The number of aromatic nitrogens is 2. The maximum atomic E-state index is 12.3. The molecule has 0 unspecified atom stereocenters. The first-order chi connectivity index (χ1) is 17.9. The second-order valence-electron chi connectivity index (χ2n) is 9.89. The van der Waals surface area contributed by atoms with Crippen LogP contribution in [-0.2, 0) is 9.59 Å². The number of nitrogens with one attached hydrogen (secondary N) is 2. The van der Waals surface area contributed by atoms with E-state index in [9.17, 15) is 9.59 Å². The van der Waals surface area contributed by atoms with E-state index in [0.29, 0.717) is 18.4 Å². The number of likely N-dealkylation sites (N-methyl/N-ethyl adjacent to an activating group) is 1. The molecule has 3 aromatic rings. The lowest BCUT2D eigenvalue weighted by molar-refractivity contribution is -0.132. The molecule has 1 aliphatic carbocycles. The molecule has 37 heavy (non-hydrogen) atoms. The largest absolute Gasteiger partial charge is 0.368 e. The number of nitrogens with zero attached hydrogens (tertiary/aromatic N) is 5. The van der Waals surface area contributed by atoms with Gasteiger partial charge in [0.1, 0.15) is 0 Å². The van der Waals surface area contributed by atoms with E-state index < -0.39 is 0 Å². The number of anilines is 4. The van der Waals surface area contributed by atoms with Crippen LogP contribution in [0.5, 0.6) is 0 Å². The molecule has 2 amide bonds. The summed E-state index contributed by atoms with van der Waals surface area (Å²) in [7, 11) is 3.72. The van der Waals surface area contributed by atoms with Gasteiger partial charge in [0.25, 0.3) is 0 Å². The van der Waals surface area contributed by atoms with Crippen LogP contribution < -0.4 is 15.5 Å². The molecule has 0 atom stereocenters. The molecule has 0 bridgehead atoms. The molecule has 2 aromatic carbocycles. The fourth-order valence-electron chi connectivity index (χ4n) is 4.45. The zero-order valence-electron chi connectivity index (χ0n) is 21.4. The van der Waals surface area contributed by atoms with Crippen LogP contribution in [-0.4, -0.2) is 78.4 Å². The number of rotatable bonds is 8. The molecule has 5 rings (SSSR count). The van der Waals surface area contributed by atoms with Crippen LogP contribution in [0.1, 0.15) is 12.8 Å². The Kier molecular flexibility index (Phi) is 7.32. The van der Waals surface area contributed by atoms with Crippen molar-refractivity contribution in [2.24, 2.45) is 5.92 Å². The summed E-state index contributed by atoms with van der Waals surface area (Å²) in [6.07, 6.45) is 3.85. The number of piperazine rings is 1. The second-order valence-corrected chi connectivity index (χ2v) is 9.89. The Hall–Kier alpha value is -3.98. The Labute approximate surface area is 217 Å². The lowest BCUT2D eigenvalue weighted by Gasteiger charge is -2.36. The minimum atomic E-state index is -0.0526. The third kappa shape index (κ3) is 6.42. The Morgan fingerprint density at radius 3 is 2.24 bits per heavy atom. The highest BCUT2D eigenvalue weighted by Crippen LogP contribution is 2.31. The van der Waals surface area contributed by atoms with E-state index in [4.69, 9.17) is 0 Å². The molecule has 0 spiro atoms. The fraction of sp³-hybridized carbons (Fsp3) is 0.357. The van der Waals surface area contributed by atoms with E-state index in [1.807, 2.05) is 66.4 Å². The normalized spacial score (nSPS) is 15.5. The van der Waals surface area contributed by atoms with Crippen LogP contribution in [0, 0.1) is 5.92 Å². The fourth-order valence-corrected chi connectivity index (χ4v) is 4.45. The van der Waals surface area contributed by atoms with Crippen molar-refractivity contribution in [3.05, 3.63) is 60.8 Å². The molecule has 2 fully saturated rings. The number of carbonyl (C=O) groups is 2. The van der Waals surface area contributed by atoms with E-state index in [1.54, 1.807) is 6.20 Å². The van der Waals surface area contributed by atoms with E-state index in [-0.39, 0.29) is 11.8 Å². The van der Waals surface area contributed by atoms with Crippen molar-refractivity contribution in [3.63, 3.8) is 0 Å². The molecule has 1 saturated heterocycles. The molecule has 1 aliphatic heterocycles. The molecule has 2 heterocycles. The molecular weight excluding hydrogens is 466 g/mol. The monoisotopic (exact) mass is 499 g/mol. The van der Waals surface area contributed by atoms with Crippen molar-refractivity contribution in [2.45, 2.75) is 12.8 Å². The van der Waals surface area contributed by atoms with Crippen molar-refractivity contribution in [2.75, 3.05) is 62.4 Å². The zero-order valence-corrected chi connectivity index (χ0v) is 21.4. The van der Waals surface area contributed by atoms with Crippen LogP contribution in [0.3, 0.4) is 0 Å². The molecule has 0 radical (unpaired) electrons. The third-order valence-corrected chi connectivity index (χ3v) is 6.59. The molecule has 1 aromatic heterocycles. The standard InChI is InChI=1S/C28H33N7O2/c1-33(2)19-26(36)30-22-7-5-20(6-8-22)25-13-14-29-28(32-25)31-23-9-11-24(12-10-23)34-15-17-35(18-16-34)27(37)21-3-4-21/h5-14,21H,3-4,15-19H2,1-2H3,(H,30,36)(H,29,31,32). The van der Waals surface area contributed by atoms with Crippen molar-refractivity contribution >= 4 is 34.8 Å². The van der Waals surface area contributed by atoms with Crippen LogP contribution in [0.4, 0.5) is 23.0 Å². The van der Waals surface area contributed by atoms with E-state index in [2.05, 4.69) is 37.6 Å². The number of hydrogen-bond donors (Lipinski definition) is 2. The molecule has 1 saturated carbocycles. The second kappa shape index (κ2) is 11.0. The molecule has 9 heteroatoms. The van der Waals surface area contributed by atoms with Crippen molar-refractivity contribution < 1.29 is 9.59 Å². The molecule has 2 N–H and O–H groups in total. The van der Waals surface area contributed by atoms with Crippen molar-refractivity contribution in [3.8, 4) is 11.3 Å². The van der Waals surface area contributed by atoms with E-state index in [1.165, 1.54) is 0 Å². The average molecular weight is 500 g/mol. The summed E-state index contributed by atoms with van der Waals surface area (Å²) in [5.41, 5.74) is 4.53.